The van der Waals surface area contributed by atoms with Gasteiger partial charge in [0.1, 0.15) is 0 Å². The van der Waals surface area contributed by atoms with Gasteiger partial charge in [0.05, 0.1) is 19.3 Å². The lowest BCUT2D eigenvalue weighted by Crippen LogP contribution is -2.49. The van der Waals surface area contributed by atoms with Crippen molar-refractivity contribution in [3.8, 4) is 0 Å². The molecule has 0 amide bonds. The molecule has 0 aromatic heterocycles. The Morgan fingerprint density at radius 3 is 2.32 bits per heavy atom. The maximum absolute atomic E-state index is 5.98. The number of hydrazine groups is 1. The predicted molar refractivity (Wildman–Crippen MR) is 78.0 cm³/mol. The van der Waals surface area contributed by atoms with E-state index in [-0.39, 0.29) is 6.04 Å². The summed E-state index contributed by atoms with van der Waals surface area (Å²) in [6.07, 6.45) is 0. The van der Waals surface area contributed by atoms with Crippen molar-refractivity contribution in [2.24, 2.45) is 5.73 Å². The largest absolute Gasteiger partial charge is 0.379 e. The molecule has 3 N–H and O–H groups in total. The van der Waals surface area contributed by atoms with Gasteiger partial charge in [0.25, 0.3) is 0 Å². The first-order valence-electron chi connectivity index (χ1n) is 6.98. The second kappa shape index (κ2) is 6.48. The van der Waals surface area contributed by atoms with E-state index in [1.807, 2.05) is 0 Å². The number of nitrogens with zero attached hydrogens (tertiary/aromatic N) is 1. The molecule has 0 spiro atoms. The van der Waals surface area contributed by atoms with Crippen LogP contribution in [0.2, 0.25) is 0 Å². The fourth-order valence-electron chi connectivity index (χ4n) is 2.89. The molecule has 1 aromatic carbocycles. The lowest BCUT2D eigenvalue weighted by atomic mass is 9.94. The van der Waals surface area contributed by atoms with Crippen LogP contribution in [-0.4, -0.2) is 37.9 Å². The summed E-state index contributed by atoms with van der Waals surface area (Å²) in [6.45, 7) is 10.5. The lowest BCUT2D eigenvalue weighted by Gasteiger charge is -2.32. The SMILES string of the molecule is Cc1cc(C)c(C(CN)NN2CCOCC2)c(C)c1. The van der Waals surface area contributed by atoms with Crippen molar-refractivity contribution in [2.75, 3.05) is 32.8 Å². The third-order valence-corrected chi connectivity index (χ3v) is 3.67. The molecule has 0 radical (unpaired) electrons. The van der Waals surface area contributed by atoms with Crippen LogP contribution in [0.3, 0.4) is 0 Å². The molecule has 19 heavy (non-hydrogen) atoms. The molecule has 0 bridgehead atoms. The third kappa shape index (κ3) is 3.54. The highest BCUT2D eigenvalue weighted by Gasteiger charge is 2.19. The number of ether oxygens (including phenoxy) is 1. The monoisotopic (exact) mass is 263 g/mol. The van der Waals surface area contributed by atoms with Crippen LogP contribution in [0.15, 0.2) is 12.1 Å². The van der Waals surface area contributed by atoms with Crippen LogP contribution in [0, 0.1) is 20.8 Å². The molecular formula is C15H25N3O. The molecule has 2 rings (SSSR count). The molecule has 4 nitrogen and oxygen atoms in total. The molecule has 1 heterocycles. The number of hydrogen-bond donors (Lipinski definition) is 2. The van der Waals surface area contributed by atoms with Gasteiger partial charge in [0, 0.05) is 19.6 Å². The molecule has 1 aromatic rings. The van der Waals surface area contributed by atoms with E-state index in [2.05, 4.69) is 43.3 Å². The molecule has 1 saturated heterocycles. The normalized spacial score (nSPS) is 18.5. The van der Waals surface area contributed by atoms with E-state index in [9.17, 15) is 0 Å². The van der Waals surface area contributed by atoms with Crippen LogP contribution in [0.25, 0.3) is 0 Å². The average molecular weight is 263 g/mol. The zero-order valence-electron chi connectivity index (χ0n) is 12.2. The topological polar surface area (TPSA) is 50.5 Å². The van der Waals surface area contributed by atoms with Gasteiger partial charge in [-0.15, -0.1) is 0 Å². The number of nitrogens with one attached hydrogen (secondary N) is 1. The summed E-state index contributed by atoms with van der Waals surface area (Å²) in [6, 6.07) is 4.64. The molecule has 1 fully saturated rings. The fourth-order valence-corrected chi connectivity index (χ4v) is 2.89. The van der Waals surface area contributed by atoms with Crippen LogP contribution >= 0.6 is 0 Å². The summed E-state index contributed by atoms with van der Waals surface area (Å²) < 4.78 is 5.37. The second-order valence-electron chi connectivity index (χ2n) is 5.33. The van der Waals surface area contributed by atoms with Crippen molar-refractivity contribution < 1.29 is 4.74 Å². The number of nitrogens with two attached hydrogens (primary N) is 1. The standard InChI is InChI=1S/C15H25N3O/c1-11-8-12(2)15(13(3)9-11)14(10-16)17-18-4-6-19-7-5-18/h8-9,14,17H,4-7,10,16H2,1-3H3. The summed E-state index contributed by atoms with van der Waals surface area (Å²) in [5, 5.41) is 2.22. The molecule has 1 unspecified atom stereocenters. The van der Waals surface area contributed by atoms with Gasteiger partial charge in [0.15, 0.2) is 0 Å². The molecule has 1 aliphatic rings. The first-order chi connectivity index (χ1) is 9.11. The van der Waals surface area contributed by atoms with Gasteiger partial charge in [-0.1, -0.05) is 17.7 Å². The minimum Gasteiger partial charge on any atom is -0.379 e. The molecule has 0 saturated carbocycles. The summed E-state index contributed by atoms with van der Waals surface area (Å²) in [5.41, 5.74) is 14.8. The highest BCUT2D eigenvalue weighted by Crippen LogP contribution is 2.23. The van der Waals surface area contributed by atoms with Crippen molar-refractivity contribution in [1.82, 2.24) is 10.4 Å². The van der Waals surface area contributed by atoms with Crippen molar-refractivity contribution in [3.63, 3.8) is 0 Å². The predicted octanol–water partition coefficient (Wildman–Crippen LogP) is 1.45. The van der Waals surface area contributed by atoms with Crippen LogP contribution in [-0.2, 0) is 4.74 Å². The minimum absolute atomic E-state index is 0.179. The van der Waals surface area contributed by atoms with Gasteiger partial charge in [-0.05, 0) is 37.5 Å². The Kier molecular flexibility index (Phi) is 4.93. The van der Waals surface area contributed by atoms with Gasteiger partial charge in [-0.2, -0.15) is 0 Å². The number of morpholine rings is 1. The summed E-state index contributed by atoms with van der Waals surface area (Å²) in [4.78, 5) is 0. The van der Waals surface area contributed by atoms with E-state index in [1.54, 1.807) is 0 Å². The third-order valence-electron chi connectivity index (χ3n) is 3.67. The van der Waals surface area contributed by atoms with Crippen molar-refractivity contribution in [1.29, 1.82) is 0 Å². The van der Waals surface area contributed by atoms with Crippen molar-refractivity contribution in [2.45, 2.75) is 26.8 Å². The van der Waals surface area contributed by atoms with E-state index in [4.69, 9.17) is 10.5 Å². The van der Waals surface area contributed by atoms with Crippen molar-refractivity contribution >= 4 is 0 Å². The second-order valence-corrected chi connectivity index (χ2v) is 5.33. The average Bonchev–Trinajstić information content (AvgIpc) is 2.37. The minimum atomic E-state index is 0.179. The van der Waals surface area contributed by atoms with Crippen LogP contribution in [0.4, 0.5) is 0 Å². The van der Waals surface area contributed by atoms with Crippen LogP contribution < -0.4 is 11.2 Å². The smallest absolute Gasteiger partial charge is 0.0608 e. The van der Waals surface area contributed by atoms with Crippen LogP contribution in [0.5, 0.6) is 0 Å². The summed E-state index contributed by atoms with van der Waals surface area (Å²) in [7, 11) is 0. The van der Waals surface area contributed by atoms with Gasteiger partial charge in [-0.3, -0.25) is 0 Å². The Hall–Kier alpha value is -0.940. The van der Waals surface area contributed by atoms with E-state index in [0.29, 0.717) is 6.54 Å². The van der Waals surface area contributed by atoms with Gasteiger partial charge in [0.2, 0.25) is 0 Å². The Bertz CT molecular complexity index is 404. The first kappa shape index (κ1) is 14.5. The molecule has 0 aliphatic carbocycles. The zero-order valence-corrected chi connectivity index (χ0v) is 12.2. The number of rotatable bonds is 4. The molecular weight excluding hydrogens is 238 g/mol. The summed E-state index contributed by atoms with van der Waals surface area (Å²) >= 11 is 0. The quantitative estimate of drug-likeness (QED) is 0.863. The van der Waals surface area contributed by atoms with Crippen LogP contribution in [0.1, 0.15) is 28.3 Å². The van der Waals surface area contributed by atoms with Crippen molar-refractivity contribution in [3.05, 3.63) is 34.4 Å². The Balaban J connectivity index is 2.16. The van der Waals surface area contributed by atoms with E-state index in [1.165, 1.54) is 22.3 Å². The Labute approximate surface area is 115 Å². The molecule has 1 aliphatic heterocycles. The molecule has 4 heteroatoms. The number of hydrogen-bond acceptors (Lipinski definition) is 4. The maximum Gasteiger partial charge on any atom is 0.0608 e. The fraction of sp³-hybridized carbons (Fsp3) is 0.600. The van der Waals surface area contributed by atoms with E-state index < -0.39 is 0 Å². The first-order valence-corrected chi connectivity index (χ1v) is 6.98. The highest BCUT2D eigenvalue weighted by atomic mass is 16.5. The van der Waals surface area contributed by atoms with Gasteiger partial charge < -0.3 is 10.5 Å². The molecule has 106 valence electrons. The zero-order chi connectivity index (χ0) is 13.8. The van der Waals surface area contributed by atoms with Gasteiger partial charge >= 0.3 is 0 Å². The molecule has 1 atom stereocenters. The highest BCUT2D eigenvalue weighted by molar-refractivity contribution is 5.39. The summed E-state index contributed by atoms with van der Waals surface area (Å²) in [5.74, 6) is 0. The van der Waals surface area contributed by atoms with Gasteiger partial charge in [-0.25, -0.2) is 10.4 Å². The maximum atomic E-state index is 5.98. The van der Waals surface area contributed by atoms with E-state index >= 15 is 0 Å². The lowest BCUT2D eigenvalue weighted by molar-refractivity contribution is 0.00396. The Morgan fingerprint density at radius 2 is 1.79 bits per heavy atom. The number of benzene rings is 1. The van der Waals surface area contributed by atoms with E-state index in [0.717, 1.165) is 26.3 Å². The number of aryl methyl sites for hydroxylation is 3. The Morgan fingerprint density at radius 1 is 1.21 bits per heavy atom.